The number of hydrogen-bond acceptors (Lipinski definition) is 3. The van der Waals surface area contributed by atoms with Crippen molar-refractivity contribution in [1.29, 1.82) is 5.26 Å². The summed E-state index contributed by atoms with van der Waals surface area (Å²) in [6, 6.07) is 2.49. The van der Waals surface area contributed by atoms with E-state index in [-0.39, 0.29) is 5.41 Å². The molecule has 0 aromatic carbocycles. The van der Waals surface area contributed by atoms with Crippen molar-refractivity contribution in [2.45, 2.75) is 32.1 Å². The summed E-state index contributed by atoms with van der Waals surface area (Å²) < 4.78 is 0. The Morgan fingerprint density at radius 2 is 2.31 bits per heavy atom. The molecule has 0 atom stereocenters. The van der Waals surface area contributed by atoms with Crippen molar-refractivity contribution >= 4 is 11.3 Å². The molecule has 2 rings (SSSR count). The number of thiazole rings is 1. The SMILES string of the molecule is N#CC1(Cc2cncs2)CCCC1. The summed E-state index contributed by atoms with van der Waals surface area (Å²) in [5.74, 6) is 0. The summed E-state index contributed by atoms with van der Waals surface area (Å²) >= 11 is 1.66. The molecule has 0 radical (unpaired) electrons. The second-order valence-corrected chi connectivity index (χ2v) is 4.71. The van der Waals surface area contributed by atoms with Gasteiger partial charge in [-0.3, -0.25) is 4.98 Å². The molecule has 0 saturated heterocycles. The van der Waals surface area contributed by atoms with Crippen LogP contribution in [-0.4, -0.2) is 4.98 Å². The summed E-state index contributed by atoms with van der Waals surface area (Å²) in [5.41, 5.74) is 1.78. The van der Waals surface area contributed by atoms with Crippen molar-refractivity contribution in [3.05, 3.63) is 16.6 Å². The maximum absolute atomic E-state index is 9.15. The van der Waals surface area contributed by atoms with Gasteiger partial charge in [-0.25, -0.2) is 0 Å². The van der Waals surface area contributed by atoms with E-state index in [0.29, 0.717) is 0 Å². The molecule has 1 saturated carbocycles. The number of nitrogens with zero attached hydrogens (tertiary/aromatic N) is 2. The zero-order valence-electron chi connectivity index (χ0n) is 7.49. The zero-order valence-corrected chi connectivity index (χ0v) is 8.31. The quantitative estimate of drug-likeness (QED) is 0.722. The third-order valence-corrected chi connectivity index (χ3v) is 3.57. The van der Waals surface area contributed by atoms with Gasteiger partial charge in [0.05, 0.1) is 17.0 Å². The Bertz CT molecular complexity index is 304. The highest BCUT2D eigenvalue weighted by Crippen LogP contribution is 2.40. The van der Waals surface area contributed by atoms with Crippen LogP contribution in [0.4, 0.5) is 0 Å². The van der Waals surface area contributed by atoms with E-state index in [1.54, 1.807) is 11.3 Å². The second kappa shape index (κ2) is 3.47. The molecule has 1 aromatic heterocycles. The Labute approximate surface area is 82.2 Å². The van der Waals surface area contributed by atoms with Gasteiger partial charge in [0.15, 0.2) is 0 Å². The first-order chi connectivity index (χ1) is 6.35. The van der Waals surface area contributed by atoms with Gasteiger partial charge < -0.3 is 0 Å². The molecule has 1 aliphatic rings. The molecule has 1 aliphatic carbocycles. The number of aromatic nitrogens is 1. The topological polar surface area (TPSA) is 36.7 Å². The lowest BCUT2D eigenvalue weighted by atomic mass is 9.84. The molecule has 68 valence electrons. The number of hydrogen-bond donors (Lipinski definition) is 0. The second-order valence-electron chi connectivity index (χ2n) is 3.74. The van der Waals surface area contributed by atoms with Crippen molar-refractivity contribution in [1.82, 2.24) is 4.98 Å². The molecule has 0 amide bonds. The van der Waals surface area contributed by atoms with Gasteiger partial charge in [-0.2, -0.15) is 5.26 Å². The van der Waals surface area contributed by atoms with Gasteiger partial charge in [0, 0.05) is 17.5 Å². The summed E-state index contributed by atoms with van der Waals surface area (Å²) in [7, 11) is 0. The number of nitriles is 1. The molecular weight excluding hydrogens is 180 g/mol. The van der Waals surface area contributed by atoms with Gasteiger partial charge in [0.2, 0.25) is 0 Å². The van der Waals surface area contributed by atoms with E-state index in [1.807, 2.05) is 11.7 Å². The van der Waals surface area contributed by atoms with Crippen molar-refractivity contribution in [3.8, 4) is 6.07 Å². The number of rotatable bonds is 2. The average molecular weight is 192 g/mol. The first-order valence-electron chi connectivity index (χ1n) is 4.63. The molecule has 3 heteroatoms. The maximum Gasteiger partial charge on any atom is 0.0794 e. The van der Waals surface area contributed by atoms with Crippen LogP contribution in [0.2, 0.25) is 0 Å². The first kappa shape index (κ1) is 8.71. The van der Waals surface area contributed by atoms with Crippen molar-refractivity contribution in [3.63, 3.8) is 0 Å². The molecule has 1 fully saturated rings. The van der Waals surface area contributed by atoms with Gasteiger partial charge in [0.25, 0.3) is 0 Å². The highest BCUT2D eigenvalue weighted by Gasteiger charge is 2.34. The lowest BCUT2D eigenvalue weighted by Crippen LogP contribution is -2.16. The lowest BCUT2D eigenvalue weighted by molar-refractivity contribution is 0.411. The molecule has 1 aromatic rings. The molecular formula is C10H12N2S. The van der Waals surface area contributed by atoms with E-state index in [1.165, 1.54) is 17.7 Å². The van der Waals surface area contributed by atoms with E-state index in [9.17, 15) is 0 Å². The molecule has 2 nitrogen and oxygen atoms in total. The van der Waals surface area contributed by atoms with Crippen LogP contribution in [0.25, 0.3) is 0 Å². The van der Waals surface area contributed by atoms with Crippen LogP contribution in [-0.2, 0) is 6.42 Å². The van der Waals surface area contributed by atoms with Crippen LogP contribution in [0, 0.1) is 16.7 Å². The predicted octanol–water partition coefficient (Wildman–Crippen LogP) is 2.77. The normalized spacial score (nSPS) is 19.9. The Morgan fingerprint density at radius 1 is 1.54 bits per heavy atom. The minimum absolute atomic E-state index is 0.0630. The standard InChI is InChI=1S/C10H12N2S/c11-7-10(3-1-2-4-10)5-9-6-12-8-13-9/h6,8H,1-5H2. The van der Waals surface area contributed by atoms with Crippen LogP contribution in [0.15, 0.2) is 11.7 Å². The van der Waals surface area contributed by atoms with E-state index in [0.717, 1.165) is 19.3 Å². The lowest BCUT2D eigenvalue weighted by Gasteiger charge is -2.18. The fourth-order valence-corrected chi connectivity index (χ4v) is 2.78. The maximum atomic E-state index is 9.15. The van der Waals surface area contributed by atoms with Crippen molar-refractivity contribution < 1.29 is 0 Å². The Hall–Kier alpha value is -0.880. The van der Waals surface area contributed by atoms with E-state index in [2.05, 4.69) is 11.1 Å². The minimum atomic E-state index is -0.0630. The van der Waals surface area contributed by atoms with Crippen LogP contribution < -0.4 is 0 Å². The van der Waals surface area contributed by atoms with Gasteiger partial charge in [-0.05, 0) is 12.8 Å². The van der Waals surface area contributed by atoms with Crippen LogP contribution in [0.1, 0.15) is 30.6 Å². The van der Waals surface area contributed by atoms with E-state index < -0.39 is 0 Å². The van der Waals surface area contributed by atoms with Gasteiger partial charge in [0.1, 0.15) is 0 Å². The Kier molecular flexibility index (Phi) is 2.32. The van der Waals surface area contributed by atoms with E-state index in [4.69, 9.17) is 5.26 Å². The summed E-state index contributed by atoms with van der Waals surface area (Å²) in [5, 5.41) is 9.15. The molecule has 0 unspecified atom stereocenters. The molecule has 0 bridgehead atoms. The highest BCUT2D eigenvalue weighted by atomic mass is 32.1. The predicted molar refractivity (Wildman–Crippen MR) is 52.3 cm³/mol. The van der Waals surface area contributed by atoms with Gasteiger partial charge >= 0.3 is 0 Å². The van der Waals surface area contributed by atoms with Gasteiger partial charge in [-0.15, -0.1) is 11.3 Å². The third kappa shape index (κ3) is 1.73. The summed E-state index contributed by atoms with van der Waals surface area (Å²) in [6.07, 6.45) is 7.37. The molecule has 0 N–H and O–H groups in total. The summed E-state index contributed by atoms with van der Waals surface area (Å²) in [4.78, 5) is 5.29. The Balaban J connectivity index is 2.11. The smallest absolute Gasteiger partial charge is 0.0794 e. The average Bonchev–Trinajstić information content (AvgIpc) is 2.77. The molecule has 0 spiro atoms. The van der Waals surface area contributed by atoms with Crippen LogP contribution in [0.5, 0.6) is 0 Å². The monoisotopic (exact) mass is 192 g/mol. The van der Waals surface area contributed by atoms with Gasteiger partial charge in [-0.1, -0.05) is 12.8 Å². The minimum Gasteiger partial charge on any atom is -0.253 e. The van der Waals surface area contributed by atoms with Crippen LogP contribution in [0.3, 0.4) is 0 Å². The molecule has 13 heavy (non-hydrogen) atoms. The third-order valence-electron chi connectivity index (χ3n) is 2.79. The molecule has 1 heterocycles. The highest BCUT2D eigenvalue weighted by molar-refractivity contribution is 7.09. The summed E-state index contributed by atoms with van der Waals surface area (Å²) in [6.45, 7) is 0. The van der Waals surface area contributed by atoms with Crippen LogP contribution >= 0.6 is 11.3 Å². The fourth-order valence-electron chi connectivity index (χ4n) is 2.04. The van der Waals surface area contributed by atoms with E-state index >= 15 is 0 Å². The largest absolute Gasteiger partial charge is 0.253 e. The fraction of sp³-hybridized carbons (Fsp3) is 0.600. The first-order valence-corrected chi connectivity index (χ1v) is 5.51. The molecule has 0 aliphatic heterocycles. The zero-order chi connectivity index (χ0) is 9.15. The van der Waals surface area contributed by atoms with Crippen molar-refractivity contribution in [2.24, 2.45) is 5.41 Å². The van der Waals surface area contributed by atoms with Crippen molar-refractivity contribution in [2.75, 3.05) is 0 Å². The Morgan fingerprint density at radius 3 is 2.85 bits per heavy atom.